The second-order valence-corrected chi connectivity index (χ2v) is 8.50. The third-order valence-electron chi connectivity index (χ3n) is 6.15. The minimum atomic E-state index is -0.131. The zero-order valence-electron chi connectivity index (χ0n) is 17.5. The number of piperidine rings is 1. The van der Waals surface area contributed by atoms with Crippen molar-refractivity contribution >= 4 is 11.8 Å². The zero-order chi connectivity index (χ0) is 21.0. The molecule has 0 radical (unpaired) electrons. The van der Waals surface area contributed by atoms with Crippen molar-refractivity contribution in [2.75, 3.05) is 26.2 Å². The molecule has 2 aliphatic rings. The van der Waals surface area contributed by atoms with Crippen molar-refractivity contribution in [3.05, 3.63) is 47.3 Å². The van der Waals surface area contributed by atoms with E-state index in [0.717, 1.165) is 38.5 Å². The minimum absolute atomic E-state index is 0.120. The fourth-order valence-corrected chi connectivity index (χ4v) is 4.54. The molecule has 1 atom stereocenters. The van der Waals surface area contributed by atoms with Gasteiger partial charge in [0.2, 0.25) is 5.76 Å². The predicted molar refractivity (Wildman–Crippen MR) is 112 cm³/mol. The number of hydrogen-bond acceptors (Lipinski definition) is 5. The van der Waals surface area contributed by atoms with Crippen LogP contribution in [-0.4, -0.2) is 48.1 Å². The fourth-order valence-electron chi connectivity index (χ4n) is 4.54. The molecule has 0 saturated carbocycles. The first-order valence-corrected chi connectivity index (χ1v) is 10.8. The molecule has 2 amide bonds. The maximum absolute atomic E-state index is 12.9. The summed E-state index contributed by atoms with van der Waals surface area (Å²) in [6.07, 6.45) is 5.93. The van der Waals surface area contributed by atoms with Gasteiger partial charge in [0.05, 0.1) is 17.9 Å². The Morgan fingerprint density at radius 1 is 1.17 bits per heavy atom. The maximum atomic E-state index is 12.9. The summed E-state index contributed by atoms with van der Waals surface area (Å²) in [6.45, 7) is 4.27. The Hall–Kier alpha value is -2.83. The van der Waals surface area contributed by atoms with Crippen LogP contribution in [0.4, 0.5) is 0 Å². The average molecular weight is 412 g/mol. The minimum Gasteiger partial charge on any atom is -0.493 e. The van der Waals surface area contributed by atoms with Crippen molar-refractivity contribution in [1.29, 1.82) is 0 Å². The quantitative estimate of drug-likeness (QED) is 0.775. The number of benzene rings is 1. The number of fused-ring (bicyclic) bond motifs is 1. The summed E-state index contributed by atoms with van der Waals surface area (Å²) < 4.78 is 11.0. The van der Waals surface area contributed by atoms with Crippen molar-refractivity contribution in [3.8, 4) is 5.75 Å². The predicted octanol–water partition coefficient (Wildman–Crippen LogP) is 3.59. The van der Waals surface area contributed by atoms with Crippen LogP contribution in [0, 0.1) is 12.3 Å². The number of nitrogens with one attached hydrogen (secondary N) is 1. The summed E-state index contributed by atoms with van der Waals surface area (Å²) in [5.41, 5.74) is 1.13. The monoisotopic (exact) mass is 411 g/mol. The molecule has 0 aliphatic carbocycles. The second kappa shape index (κ2) is 8.90. The molecule has 1 saturated heterocycles. The van der Waals surface area contributed by atoms with Gasteiger partial charge in [0.15, 0.2) is 0 Å². The topological polar surface area (TPSA) is 84.7 Å². The summed E-state index contributed by atoms with van der Waals surface area (Å²) in [5, 5.41) is 6.97. The van der Waals surface area contributed by atoms with Gasteiger partial charge in [0, 0.05) is 31.1 Å². The van der Waals surface area contributed by atoms with E-state index < -0.39 is 0 Å². The van der Waals surface area contributed by atoms with Crippen LogP contribution in [0.3, 0.4) is 0 Å². The molecular formula is C23H29N3O4. The Balaban J connectivity index is 1.52. The van der Waals surface area contributed by atoms with Gasteiger partial charge in [-0.2, -0.15) is 0 Å². The highest BCUT2D eigenvalue weighted by atomic mass is 16.5. The number of rotatable bonds is 1. The van der Waals surface area contributed by atoms with Crippen molar-refractivity contribution in [1.82, 2.24) is 15.4 Å². The van der Waals surface area contributed by atoms with Gasteiger partial charge >= 0.3 is 0 Å². The number of aryl methyl sites for hydroxylation is 1. The van der Waals surface area contributed by atoms with E-state index >= 15 is 0 Å². The molecule has 1 unspecified atom stereocenters. The Morgan fingerprint density at radius 2 is 2.00 bits per heavy atom. The zero-order valence-corrected chi connectivity index (χ0v) is 17.5. The largest absolute Gasteiger partial charge is 0.493 e. The van der Waals surface area contributed by atoms with E-state index in [2.05, 4.69) is 10.5 Å². The lowest BCUT2D eigenvalue weighted by atomic mass is 9.75. The molecule has 0 bridgehead atoms. The lowest BCUT2D eigenvalue weighted by Gasteiger charge is -2.43. The molecule has 2 aliphatic heterocycles. The lowest BCUT2D eigenvalue weighted by Crippen LogP contribution is -2.51. The molecule has 1 spiro atoms. The summed E-state index contributed by atoms with van der Waals surface area (Å²) in [7, 11) is 0. The number of aromatic nitrogens is 1. The normalized spacial score (nSPS) is 23.0. The van der Waals surface area contributed by atoms with Crippen LogP contribution in [0.1, 0.15) is 65.1 Å². The summed E-state index contributed by atoms with van der Waals surface area (Å²) in [5.74, 6) is 0.671. The van der Waals surface area contributed by atoms with Crippen LogP contribution < -0.4 is 10.1 Å². The van der Waals surface area contributed by atoms with Gasteiger partial charge in [-0.05, 0) is 44.7 Å². The maximum Gasteiger partial charge on any atom is 0.292 e. The highest BCUT2D eigenvalue weighted by molar-refractivity contribution is 5.97. The van der Waals surface area contributed by atoms with Gasteiger partial charge in [0.25, 0.3) is 11.8 Å². The summed E-state index contributed by atoms with van der Waals surface area (Å²) in [4.78, 5) is 27.7. The van der Waals surface area contributed by atoms with Gasteiger partial charge in [-0.1, -0.05) is 30.1 Å². The Bertz CT molecular complexity index is 909. The molecule has 2 aromatic rings. The highest BCUT2D eigenvalue weighted by Crippen LogP contribution is 2.36. The molecule has 30 heavy (non-hydrogen) atoms. The van der Waals surface area contributed by atoms with E-state index in [-0.39, 0.29) is 23.0 Å². The number of likely N-dealkylation sites (tertiary alicyclic amines) is 1. The highest BCUT2D eigenvalue weighted by Gasteiger charge is 2.38. The average Bonchev–Trinajstić information content (AvgIpc) is 3.20. The number of hydrogen-bond donors (Lipinski definition) is 1. The summed E-state index contributed by atoms with van der Waals surface area (Å²) >= 11 is 0. The van der Waals surface area contributed by atoms with Crippen LogP contribution in [0.15, 0.2) is 34.9 Å². The van der Waals surface area contributed by atoms with Crippen LogP contribution in [0.5, 0.6) is 5.75 Å². The van der Waals surface area contributed by atoms with Crippen molar-refractivity contribution in [3.63, 3.8) is 0 Å². The van der Waals surface area contributed by atoms with E-state index in [1.54, 1.807) is 12.1 Å². The number of para-hydroxylation sites is 1. The van der Waals surface area contributed by atoms with Gasteiger partial charge in [0.1, 0.15) is 5.75 Å². The van der Waals surface area contributed by atoms with Gasteiger partial charge in [-0.3, -0.25) is 9.59 Å². The molecule has 1 aromatic carbocycles. The second-order valence-electron chi connectivity index (χ2n) is 8.50. The van der Waals surface area contributed by atoms with Crippen molar-refractivity contribution in [2.45, 2.75) is 45.4 Å². The van der Waals surface area contributed by atoms with Gasteiger partial charge in [-0.15, -0.1) is 0 Å². The molecule has 7 nitrogen and oxygen atoms in total. The fraction of sp³-hybridized carbons (Fsp3) is 0.522. The molecule has 1 aromatic heterocycles. The molecule has 3 heterocycles. The van der Waals surface area contributed by atoms with E-state index in [1.165, 1.54) is 0 Å². The molecule has 1 N–H and O–H groups in total. The molecule has 160 valence electrons. The Morgan fingerprint density at radius 3 is 2.83 bits per heavy atom. The van der Waals surface area contributed by atoms with Crippen LogP contribution in [0.2, 0.25) is 0 Å². The number of carbonyl (C=O) groups is 2. The molecule has 1 fully saturated rings. The van der Waals surface area contributed by atoms with Crippen LogP contribution in [-0.2, 0) is 0 Å². The number of carbonyl (C=O) groups excluding carboxylic acids is 2. The number of amides is 2. The van der Waals surface area contributed by atoms with Crippen LogP contribution >= 0.6 is 0 Å². The SMILES string of the molecule is Cc1cc(C(=O)N2CCCC3(CCCCCOc4ccccc4C(=O)NC3)C2)on1. The van der Waals surface area contributed by atoms with E-state index in [0.29, 0.717) is 43.2 Å². The first-order chi connectivity index (χ1) is 14.6. The summed E-state index contributed by atoms with van der Waals surface area (Å²) in [6, 6.07) is 9.06. The van der Waals surface area contributed by atoms with E-state index in [1.807, 2.05) is 30.0 Å². The molecule has 7 heteroatoms. The first-order valence-electron chi connectivity index (χ1n) is 10.8. The van der Waals surface area contributed by atoms with E-state index in [9.17, 15) is 9.59 Å². The molecular weight excluding hydrogens is 382 g/mol. The standard InChI is InChI=1S/C23H29N3O4/c1-17-14-20(30-25-17)22(28)26-12-7-11-23(16-26)10-5-2-6-13-29-19-9-4-3-8-18(19)21(27)24-15-23/h3-4,8-9,14H,2,5-7,10-13,15-16H2,1H3,(H,24,27). The third-order valence-corrected chi connectivity index (χ3v) is 6.15. The first kappa shape index (κ1) is 20.4. The smallest absolute Gasteiger partial charge is 0.292 e. The Kier molecular flexibility index (Phi) is 6.06. The van der Waals surface area contributed by atoms with Crippen molar-refractivity contribution in [2.24, 2.45) is 5.41 Å². The lowest BCUT2D eigenvalue weighted by molar-refractivity contribution is 0.0435. The van der Waals surface area contributed by atoms with E-state index in [4.69, 9.17) is 9.26 Å². The van der Waals surface area contributed by atoms with Crippen LogP contribution in [0.25, 0.3) is 0 Å². The van der Waals surface area contributed by atoms with Crippen molar-refractivity contribution < 1.29 is 18.8 Å². The third kappa shape index (κ3) is 4.50. The number of ether oxygens (including phenoxy) is 1. The molecule has 4 rings (SSSR count). The van der Waals surface area contributed by atoms with Gasteiger partial charge in [-0.25, -0.2) is 0 Å². The van der Waals surface area contributed by atoms with Gasteiger partial charge < -0.3 is 19.5 Å². The Labute approximate surface area is 176 Å². The number of nitrogens with zero attached hydrogens (tertiary/aromatic N) is 2.